The summed E-state index contributed by atoms with van der Waals surface area (Å²) >= 11 is 0. The number of hydrogen-bond acceptors (Lipinski definition) is 4. The Morgan fingerprint density at radius 2 is 1.96 bits per heavy atom. The van der Waals surface area contributed by atoms with E-state index in [2.05, 4.69) is 11.9 Å². The van der Waals surface area contributed by atoms with Crippen LogP contribution in [0.3, 0.4) is 0 Å². The van der Waals surface area contributed by atoms with Crippen molar-refractivity contribution >= 4 is 21.6 Å². The molecule has 1 aliphatic rings. The molecule has 6 nitrogen and oxygen atoms in total. The fourth-order valence-electron chi connectivity index (χ4n) is 3.41. The first-order valence-electron chi connectivity index (χ1n) is 9.11. The maximum atomic E-state index is 12.9. The van der Waals surface area contributed by atoms with Crippen molar-refractivity contribution in [2.75, 3.05) is 24.7 Å². The van der Waals surface area contributed by atoms with E-state index in [1.54, 1.807) is 7.11 Å². The summed E-state index contributed by atoms with van der Waals surface area (Å²) in [6.45, 7) is 3.85. The van der Waals surface area contributed by atoms with Crippen LogP contribution < -0.4 is 10.1 Å². The molecule has 1 amide bonds. The molecular weight excluding hydrogens is 376 g/mol. The highest BCUT2D eigenvalue weighted by Crippen LogP contribution is 2.30. The van der Waals surface area contributed by atoms with E-state index in [9.17, 15) is 13.2 Å². The molecular formula is C21H24N2O4S. The largest absolute Gasteiger partial charge is 0.497 e. The van der Waals surface area contributed by atoms with E-state index in [0.717, 1.165) is 16.9 Å². The summed E-state index contributed by atoms with van der Waals surface area (Å²) in [7, 11) is -1.92. The summed E-state index contributed by atoms with van der Waals surface area (Å²) in [5.41, 5.74) is 2.43. The van der Waals surface area contributed by atoms with E-state index < -0.39 is 16.1 Å². The van der Waals surface area contributed by atoms with Crippen LogP contribution >= 0.6 is 0 Å². The zero-order valence-electron chi connectivity index (χ0n) is 15.8. The van der Waals surface area contributed by atoms with Crippen LogP contribution in [0.15, 0.2) is 61.2 Å². The van der Waals surface area contributed by atoms with Crippen LogP contribution in [0.2, 0.25) is 0 Å². The maximum Gasteiger partial charge on any atom is 0.242 e. The van der Waals surface area contributed by atoms with Gasteiger partial charge in [0.2, 0.25) is 15.9 Å². The second kappa shape index (κ2) is 8.58. The van der Waals surface area contributed by atoms with E-state index in [-0.39, 0.29) is 11.7 Å². The Bertz CT molecular complexity index is 955. The number of methoxy groups -OCH3 is 1. The number of carbonyl (C=O) groups is 1. The molecule has 0 saturated carbocycles. The third kappa shape index (κ3) is 4.26. The molecule has 1 aliphatic heterocycles. The minimum atomic E-state index is -3.53. The molecule has 1 fully saturated rings. The van der Waals surface area contributed by atoms with Crippen LogP contribution in [0, 0.1) is 0 Å². The van der Waals surface area contributed by atoms with Crippen molar-refractivity contribution in [3.8, 4) is 16.9 Å². The molecule has 148 valence electrons. The fourth-order valence-corrected chi connectivity index (χ4v) is 4.90. The molecule has 3 rings (SSSR count). The number of carbonyl (C=O) groups excluding carboxylic acids is 1. The van der Waals surface area contributed by atoms with Gasteiger partial charge in [-0.1, -0.05) is 36.4 Å². The summed E-state index contributed by atoms with van der Waals surface area (Å²) < 4.78 is 31.3. The lowest BCUT2D eigenvalue weighted by atomic mass is 10.0. The summed E-state index contributed by atoms with van der Waals surface area (Å²) in [5.74, 6) is 0.268. The highest BCUT2D eigenvalue weighted by atomic mass is 32.2. The molecule has 0 radical (unpaired) electrons. The molecule has 0 aliphatic carbocycles. The minimum absolute atomic E-state index is 0.167. The van der Waals surface area contributed by atoms with Crippen molar-refractivity contribution in [2.45, 2.75) is 18.9 Å². The van der Waals surface area contributed by atoms with Gasteiger partial charge in [0.05, 0.1) is 12.9 Å². The van der Waals surface area contributed by atoms with Gasteiger partial charge in [0, 0.05) is 17.8 Å². The molecule has 1 heterocycles. The lowest BCUT2D eigenvalue weighted by Crippen LogP contribution is -2.43. The Morgan fingerprint density at radius 1 is 1.25 bits per heavy atom. The quantitative estimate of drug-likeness (QED) is 0.724. The van der Waals surface area contributed by atoms with Crippen molar-refractivity contribution in [2.24, 2.45) is 0 Å². The van der Waals surface area contributed by atoms with Gasteiger partial charge in [-0.15, -0.1) is 6.58 Å². The molecule has 0 aromatic heterocycles. The second-order valence-electron chi connectivity index (χ2n) is 6.60. The van der Waals surface area contributed by atoms with Gasteiger partial charge >= 0.3 is 0 Å². The van der Waals surface area contributed by atoms with Crippen molar-refractivity contribution in [3.05, 3.63) is 61.2 Å². The van der Waals surface area contributed by atoms with Crippen LogP contribution in [0.25, 0.3) is 11.1 Å². The molecule has 0 bridgehead atoms. The van der Waals surface area contributed by atoms with Crippen LogP contribution in [-0.2, 0) is 14.8 Å². The molecule has 0 unspecified atom stereocenters. The first-order chi connectivity index (χ1) is 13.5. The molecule has 0 spiro atoms. The number of sulfonamides is 1. The average molecular weight is 401 g/mol. The van der Waals surface area contributed by atoms with Crippen molar-refractivity contribution in [1.29, 1.82) is 0 Å². The smallest absolute Gasteiger partial charge is 0.242 e. The third-order valence-corrected chi connectivity index (χ3v) is 6.59. The normalized spacial score (nSPS) is 17.2. The lowest BCUT2D eigenvalue weighted by Gasteiger charge is -2.23. The van der Waals surface area contributed by atoms with Crippen LogP contribution in [0.5, 0.6) is 5.75 Å². The van der Waals surface area contributed by atoms with Gasteiger partial charge in [-0.05, 0) is 36.6 Å². The molecule has 2 aromatic rings. The molecule has 1 atom stereocenters. The van der Waals surface area contributed by atoms with Crippen molar-refractivity contribution < 1.29 is 17.9 Å². The van der Waals surface area contributed by atoms with Gasteiger partial charge in [-0.3, -0.25) is 4.79 Å². The first kappa shape index (κ1) is 20.1. The minimum Gasteiger partial charge on any atom is -0.497 e. The number of rotatable bonds is 7. The van der Waals surface area contributed by atoms with E-state index in [1.807, 2.05) is 48.5 Å². The Kier molecular flexibility index (Phi) is 6.16. The van der Waals surface area contributed by atoms with Gasteiger partial charge in [0.25, 0.3) is 0 Å². The number of amides is 1. The number of hydrogen-bond donors (Lipinski definition) is 1. The van der Waals surface area contributed by atoms with Gasteiger partial charge in [-0.25, -0.2) is 8.42 Å². The SMILES string of the molecule is C=CCS(=O)(=O)N1CCC[C@@H]1C(=O)Nc1ccccc1-c1ccc(OC)cc1. The first-order valence-corrected chi connectivity index (χ1v) is 10.7. The zero-order valence-corrected chi connectivity index (χ0v) is 16.6. The Morgan fingerprint density at radius 3 is 2.64 bits per heavy atom. The van der Waals surface area contributed by atoms with E-state index in [4.69, 9.17) is 4.74 Å². The maximum absolute atomic E-state index is 12.9. The Balaban J connectivity index is 1.83. The second-order valence-corrected chi connectivity index (χ2v) is 8.57. The monoisotopic (exact) mass is 400 g/mol. The molecule has 2 aromatic carbocycles. The average Bonchev–Trinajstić information content (AvgIpc) is 3.20. The topological polar surface area (TPSA) is 75.7 Å². The highest BCUT2D eigenvalue weighted by molar-refractivity contribution is 7.89. The van der Waals surface area contributed by atoms with Gasteiger partial charge in [0.1, 0.15) is 11.8 Å². The van der Waals surface area contributed by atoms with Crippen LogP contribution in [0.1, 0.15) is 12.8 Å². The number of ether oxygens (including phenoxy) is 1. The molecule has 28 heavy (non-hydrogen) atoms. The fraction of sp³-hybridized carbons (Fsp3) is 0.286. The van der Waals surface area contributed by atoms with Crippen molar-refractivity contribution in [3.63, 3.8) is 0 Å². The predicted octanol–water partition coefficient (Wildman–Crippen LogP) is 3.28. The number of nitrogens with zero attached hydrogens (tertiary/aromatic N) is 1. The highest BCUT2D eigenvalue weighted by Gasteiger charge is 2.38. The Hall–Kier alpha value is -2.64. The van der Waals surface area contributed by atoms with Crippen LogP contribution in [-0.4, -0.2) is 44.1 Å². The number of nitrogens with one attached hydrogen (secondary N) is 1. The predicted molar refractivity (Wildman–Crippen MR) is 111 cm³/mol. The molecule has 1 N–H and O–H groups in total. The summed E-state index contributed by atoms with van der Waals surface area (Å²) in [4.78, 5) is 12.9. The van der Waals surface area contributed by atoms with Gasteiger partial charge < -0.3 is 10.1 Å². The van der Waals surface area contributed by atoms with E-state index in [1.165, 1.54) is 10.4 Å². The van der Waals surface area contributed by atoms with Gasteiger partial charge in [-0.2, -0.15) is 4.31 Å². The summed E-state index contributed by atoms with van der Waals surface area (Å²) in [5, 5.41) is 2.92. The molecule has 7 heteroatoms. The standard InChI is InChI=1S/C21H24N2O4S/c1-3-15-28(25,26)23-14-6-9-20(23)21(24)22-19-8-5-4-7-18(19)16-10-12-17(27-2)13-11-16/h3-5,7-8,10-13,20H,1,6,9,14-15H2,2H3,(H,22,24)/t20-/m1/s1. The summed E-state index contributed by atoms with van der Waals surface area (Å²) in [6, 6.07) is 14.3. The third-order valence-electron chi connectivity index (χ3n) is 4.78. The lowest BCUT2D eigenvalue weighted by molar-refractivity contribution is -0.119. The zero-order chi connectivity index (χ0) is 20.1. The number of benzene rings is 2. The van der Waals surface area contributed by atoms with E-state index >= 15 is 0 Å². The molecule has 1 saturated heterocycles. The van der Waals surface area contributed by atoms with Crippen molar-refractivity contribution in [1.82, 2.24) is 4.31 Å². The Labute approximate surface area is 165 Å². The van der Waals surface area contributed by atoms with E-state index in [0.29, 0.717) is 25.1 Å². The number of para-hydroxylation sites is 1. The summed E-state index contributed by atoms with van der Waals surface area (Å²) in [6.07, 6.45) is 2.52. The number of anilines is 1. The van der Waals surface area contributed by atoms with Gasteiger partial charge in [0.15, 0.2) is 0 Å². The van der Waals surface area contributed by atoms with Crippen LogP contribution in [0.4, 0.5) is 5.69 Å².